The predicted octanol–water partition coefficient (Wildman–Crippen LogP) is -0.621. The fourth-order valence-corrected chi connectivity index (χ4v) is 3.46. The summed E-state index contributed by atoms with van der Waals surface area (Å²) in [5.74, 6) is 0.275. The number of piperazine rings is 1. The first kappa shape index (κ1) is 16.7. The van der Waals surface area contributed by atoms with Crippen LogP contribution in [0.25, 0.3) is 0 Å². The van der Waals surface area contributed by atoms with Crippen LogP contribution in [0.15, 0.2) is 0 Å². The molecule has 22 heavy (non-hydrogen) atoms. The molecule has 0 aromatic rings. The van der Waals surface area contributed by atoms with Gasteiger partial charge in [-0.25, -0.2) is 0 Å². The van der Waals surface area contributed by atoms with Crippen LogP contribution in [0.5, 0.6) is 0 Å². The molecule has 0 saturated carbocycles. The largest absolute Gasteiger partial charge is 0.340 e. The van der Waals surface area contributed by atoms with E-state index in [1.165, 1.54) is 0 Å². The molecule has 2 bridgehead atoms. The molecule has 0 aliphatic carbocycles. The monoisotopic (exact) mass is 307 g/mol. The zero-order valence-electron chi connectivity index (χ0n) is 13.3. The Bertz CT molecular complexity index is 461. The Morgan fingerprint density at radius 2 is 2.27 bits per heavy atom. The van der Waals surface area contributed by atoms with Gasteiger partial charge in [-0.3, -0.25) is 14.5 Å². The van der Waals surface area contributed by atoms with Crippen molar-refractivity contribution >= 4 is 12.3 Å². The highest BCUT2D eigenvalue weighted by Gasteiger charge is 2.47. The average molecular weight is 307 g/mol. The lowest BCUT2D eigenvalue weighted by molar-refractivity contribution is -0.135. The molecule has 7 heteroatoms. The number of carbonyl (C=O) groups excluding carboxylic acids is 2. The average Bonchev–Trinajstić information content (AvgIpc) is 3.16. The van der Waals surface area contributed by atoms with Gasteiger partial charge in [0.2, 0.25) is 12.3 Å². The van der Waals surface area contributed by atoms with Crippen LogP contribution >= 0.6 is 0 Å². The van der Waals surface area contributed by atoms with Crippen LogP contribution in [0.3, 0.4) is 0 Å². The van der Waals surface area contributed by atoms with Gasteiger partial charge in [-0.15, -0.1) is 0 Å². The van der Waals surface area contributed by atoms with Crippen molar-refractivity contribution in [2.24, 2.45) is 5.73 Å². The predicted molar refractivity (Wildman–Crippen MR) is 81.6 cm³/mol. The molecule has 4 atom stereocenters. The van der Waals surface area contributed by atoms with Crippen LogP contribution < -0.4 is 5.73 Å². The molecule has 0 spiro atoms. The van der Waals surface area contributed by atoms with Crippen molar-refractivity contribution in [3.05, 3.63) is 0 Å². The number of rotatable bonds is 3. The van der Waals surface area contributed by atoms with Crippen molar-refractivity contribution in [3.63, 3.8) is 0 Å². The third kappa shape index (κ3) is 3.39. The summed E-state index contributed by atoms with van der Waals surface area (Å²) in [5.41, 5.74) is 5.72. The Kier molecular flexibility index (Phi) is 5.37. The highest BCUT2D eigenvalue weighted by atomic mass is 16.2. The maximum Gasteiger partial charge on any atom is 0.240 e. The highest BCUT2D eigenvalue weighted by Crippen LogP contribution is 2.30. The number of carbonyl (C=O) groups is 2. The Morgan fingerprint density at radius 1 is 1.55 bits per heavy atom. The smallest absolute Gasteiger partial charge is 0.240 e. The molecule has 3 saturated heterocycles. The van der Waals surface area contributed by atoms with Crippen LogP contribution in [0.2, 0.25) is 0 Å². The molecule has 122 valence electrons. The fraction of sp³-hybridized carbons (Fsp3) is 0.800. The molecule has 0 aromatic heterocycles. The van der Waals surface area contributed by atoms with Gasteiger partial charge in [0.15, 0.2) is 0 Å². The van der Waals surface area contributed by atoms with Gasteiger partial charge in [0, 0.05) is 38.8 Å². The molecule has 3 heterocycles. The number of nitriles is 1. The van der Waals surface area contributed by atoms with Gasteiger partial charge in [0.25, 0.3) is 0 Å². The Hall–Kier alpha value is -1.65. The SMILES string of the molecule is C[C@@H](N)CN1C[C@@H]2CC1C(=O)N2C.N#C[C@@H]1CCCN1C=O. The van der Waals surface area contributed by atoms with Gasteiger partial charge < -0.3 is 15.5 Å². The summed E-state index contributed by atoms with van der Waals surface area (Å²) >= 11 is 0. The van der Waals surface area contributed by atoms with Crippen molar-refractivity contribution in [3.8, 4) is 6.07 Å². The first-order valence-electron chi connectivity index (χ1n) is 7.85. The van der Waals surface area contributed by atoms with Crippen molar-refractivity contribution in [1.29, 1.82) is 5.26 Å². The number of hydrogen-bond donors (Lipinski definition) is 1. The number of likely N-dealkylation sites (tertiary alicyclic amines) is 3. The third-order valence-corrected chi connectivity index (χ3v) is 4.66. The van der Waals surface area contributed by atoms with E-state index in [-0.39, 0.29) is 24.0 Å². The molecule has 1 unspecified atom stereocenters. The lowest BCUT2D eigenvalue weighted by atomic mass is 10.2. The van der Waals surface area contributed by atoms with Crippen molar-refractivity contribution in [2.75, 3.05) is 26.7 Å². The summed E-state index contributed by atoms with van der Waals surface area (Å²) in [4.78, 5) is 27.4. The molecule has 3 aliphatic rings. The Morgan fingerprint density at radius 3 is 2.73 bits per heavy atom. The lowest BCUT2D eigenvalue weighted by Gasteiger charge is -2.32. The van der Waals surface area contributed by atoms with E-state index in [1.54, 1.807) is 4.90 Å². The highest BCUT2D eigenvalue weighted by molar-refractivity contribution is 5.85. The molecular weight excluding hydrogens is 282 g/mol. The van der Waals surface area contributed by atoms with Crippen molar-refractivity contribution < 1.29 is 9.59 Å². The topological polar surface area (TPSA) is 93.7 Å². The van der Waals surface area contributed by atoms with Crippen LogP contribution in [-0.4, -0.2) is 77.9 Å². The second-order valence-corrected chi connectivity index (χ2v) is 6.42. The van der Waals surface area contributed by atoms with Gasteiger partial charge in [-0.1, -0.05) is 0 Å². The Balaban J connectivity index is 0.000000172. The van der Waals surface area contributed by atoms with E-state index in [4.69, 9.17) is 11.0 Å². The number of amides is 2. The minimum atomic E-state index is -0.150. The van der Waals surface area contributed by atoms with E-state index < -0.39 is 0 Å². The number of nitrogens with two attached hydrogens (primary N) is 1. The van der Waals surface area contributed by atoms with E-state index in [2.05, 4.69) is 11.0 Å². The van der Waals surface area contributed by atoms with Gasteiger partial charge in [0.1, 0.15) is 6.04 Å². The van der Waals surface area contributed by atoms with Crippen LogP contribution in [0, 0.1) is 11.3 Å². The van der Waals surface area contributed by atoms with E-state index in [1.807, 2.05) is 18.9 Å². The molecule has 3 fully saturated rings. The van der Waals surface area contributed by atoms with Crippen LogP contribution in [-0.2, 0) is 9.59 Å². The number of nitrogens with zero attached hydrogens (tertiary/aromatic N) is 4. The van der Waals surface area contributed by atoms with E-state index in [9.17, 15) is 9.59 Å². The number of hydrogen-bond acceptors (Lipinski definition) is 5. The van der Waals surface area contributed by atoms with E-state index >= 15 is 0 Å². The molecule has 2 amide bonds. The standard InChI is InChI=1S/C9H17N3O.C6H8N2O/c1-6(10)4-12-5-7-3-8(12)9(13)11(7)2;7-4-6-2-1-3-8(6)5-9/h6-8H,3-5,10H2,1-2H3;5-6H,1-3H2/t6-,7+,8?;6-/m10/s1. The van der Waals surface area contributed by atoms with Crippen molar-refractivity contribution in [1.82, 2.24) is 14.7 Å². The third-order valence-electron chi connectivity index (χ3n) is 4.66. The van der Waals surface area contributed by atoms with E-state index in [0.29, 0.717) is 6.04 Å². The lowest BCUT2D eigenvalue weighted by Crippen LogP contribution is -2.51. The molecule has 3 rings (SSSR count). The summed E-state index contributed by atoms with van der Waals surface area (Å²) in [6.07, 6.45) is 3.56. The first-order chi connectivity index (χ1) is 10.5. The van der Waals surface area contributed by atoms with Crippen LogP contribution in [0.4, 0.5) is 0 Å². The number of fused-ring (bicyclic) bond motifs is 2. The minimum Gasteiger partial charge on any atom is -0.340 e. The first-order valence-corrected chi connectivity index (χ1v) is 7.85. The maximum absolute atomic E-state index is 11.6. The van der Waals surface area contributed by atoms with Gasteiger partial charge >= 0.3 is 0 Å². The maximum atomic E-state index is 11.6. The van der Waals surface area contributed by atoms with Crippen LogP contribution in [0.1, 0.15) is 26.2 Å². The molecular formula is C15H25N5O2. The Labute approximate surface area is 131 Å². The number of likely N-dealkylation sites (N-methyl/N-ethyl adjacent to an activating group) is 1. The molecule has 7 nitrogen and oxygen atoms in total. The minimum absolute atomic E-state index is 0.126. The summed E-state index contributed by atoms with van der Waals surface area (Å²) in [6.45, 7) is 4.59. The van der Waals surface area contributed by atoms with E-state index in [0.717, 1.165) is 45.3 Å². The molecule has 0 aromatic carbocycles. The summed E-state index contributed by atoms with van der Waals surface area (Å²) < 4.78 is 0. The summed E-state index contributed by atoms with van der Waals surface area (Å²) in [6, 6.07) is 2.64. The normalized spacial score (nSPS) is 31.7. The van der Waals surface area contributed by atoms with Crippen molar-refractivity contribution in [2.45, 2.75) is 50.4 Å². The van der Waals surface area contributed by atoms with Gasteiger partial charge in [-0.05, 0) is 26.2 Å². The van der Waals surface area contributed by atoms with Gasteiger partial charge in [0.05, 0.1) is 12.1 Å². The second-order valence-electron chi connectivity index (χ2n) is 6.42. The molecule has 2 N–H and O–H groups in total. The molecule has 3 aliphatic heterocycles. The quantitative estimate of drug-likeness (QED) is 0.701. The second kappa shape index (κ2) is 7.07. The molecule has 0 radical (unpaired) electrons. The fourth-order valence-electron chi connectivity index (χ4n) is 3.46. The van der Waals surface area contributed by atoms with Gasteiger partial charge in [-0.2, -0.15) is 5.26 Å². The zero-order valence-corrected chi connectivity index (χ0v) is 13.3. The summed E-state index contributed by atoms with van der Waals surface area (Å²) in [7, 11) is 1.90. The summed E-state index contributed by atoms with van der Waals surface area (Å²) in [5, 5.41) is 8.42. The zero-order chi connectivity index (χ0) is 16.3.